The van der Waals surface area contributed by atoms with Crippen LogP contribution in [0.5, 0.6) is 17.4 Å². The highest BCUT2D eigenvalue weighted by Gasteiger charge is 2.18. The molecule has 31 heavy (non-hydrogen) atoms. The fourth-order valence-electron chi connectivity index (χ4n) is 3.62. The van der Waals surface area contributed by atoms with E-state index in [1.807, 2.05) is 26.3 Å². The Labute approximate surface area is 181 Å². The predicted molar refractivity (Wildman–Crippen MR) is 117 cm³/mol. The van der Waals surface area contributed by atoms with Gasteiger partial charge in [0.25, 0.3) is 0 Å². The van der Waals surface area contributed by atoms with Crippen molar-refractivity contribution in [1.82, 2.24) is 24.6 Å². The number of nitrogens with one attached hydrogen (secondary N) is 1. The molecule has 4 aromatic heterocycles. The van der Waals surface area contributed by atoms with Crippen LogP contribution in [0.15, 0.2) is 36.2 Å². The lowest BCUT2D eigenvalue weighted by atomic mass is 10.2. The number of fused-ring (bicyclic) bond motifs is 2. The summed E-state index contributed by atoms with van der Waals surface area (Å²) in [5.74, 6) is 0.630. The fourth-order valence-corrected chi connectivity index (χ4v) is 4.38. The van der Waals surface area contributed by atoms with Crippen molar-refractivity contribution < 1.29 is 13.9 Å². The first-order valence-corrected chi connectivity index (χ1v) is 10.7. The third-order valence-corrected chi connectivity index (χ3v) is 6.22. The molecule has 9 heteroatoms. The summed E-state index contributed by atoms with van der Waals surface area (Å²) in [5.41, 5.74) is 5.94. The number of aromatic amines is 1. The van der Waals surface area contributed by atoms with E-state index in [9.17, 15) is 4.39 Å². The van der Waals surface area contributed by atoms with E-state index in [1.165, 1.54) is 11.2 Å². The molecule has 0 saturated carbocycles. The van der Waals surface area contributed by atoms with Gasteiger partial charge in [-0.15, -0.1) is 11.3 Å². The zero-order valence-electron chi connectivity index (χ0n) is 17.3. The fraction of sp³-hybridized carbons (Fsp3) is 0.227. The van der Waals surface area contributed by atoms with E-state index in [2.05, 4.69) is 20.1 Å². The molecule has 0 aliphatic rings. The molecular weight excluding hydrogens is 417 g/mol. The molecule has 0 aliphatic carbocycles. The van der Waals surface area contributed by atoms with Crippen molar-refractivity contribution in [3.8, 4) is 17.4 Å². The lowest BCUT2D eigenvalue weighted by molar-refractivity contribution is 0.321. The number of nitrogens with zero attached hydrogens (tertiary/aromatic N) is 4. The van der Waals surface area contributed by atoms with Gasteiger partial charge in [-0.25, -0.2) is 13.9 Å². The number of ether oxygens (including phenoxy) is 2. The van der Waals surface area contributed by atoms with E-state index in [0.29, 0.717) is 23.3 Å². The van der Waals surface area contributed by atoms with Crippen molar-refractivity contribution in [2.75, 3.05) is 6.61 Å². The van der Waals surface area contributed by atoms with Gasteiger partial charge in [0.2, 0.25) is 5.88 Å². The Bertz CT molecular complexity index is 1400. The lowest BCUT2D eigenvalue weighted by Crippen LogP contribution is -2.01. The van der Waals surface area contributed by atoms with Gasteiger partial charge in [0.1, 0.15) is 17.6 Å². The van der Waals surface area contributed by atoms with Crippen LogP contribution in [0.25, 0.3) is 16.4 Å². The quantitative estimate of drug-likeness (QED) is 0.398. The molecule has 5 aromatic rings. The van der Waals surface area contributed by atoms with Crippen molar-refractivity contribution in [3.05, 3.63) is 63.9 Å². The molecule has 0 amide bonds. The van der Waals surface area contributed by atoms with Crippen molar-refractivity contribution in [2.24, 2.45) is 0 Å². The van der Waals surface area contributed by atoms with Gasteiger partial charge in [-0.2, -0.15) is 10.1 Å². The summed E-state index contributed by atoms with van der Waals surface area (Å²) < 4.78 is 28.5. The highest BCUT2D eigenvalue weighted by molar-refractivity contribution is 7.09. The molecule has 7 nitrogen and oxygen atoms in total. The molecule has 0 unspecified atom stereocenters. The minimum Gasteiger partial charge on any atom is -0.491 e. The van der Waals surface area contributed by atoms with E-state index < -0.39 is 5.82 Å². The summed E-state index contributed by atoms with van der Waals surface area (Å²) in [4.78, 5) is 12.8. The highest BCUT2D eigenvalue weighted by atomic mass is 32.1. The molecule has 158 valence electrons. The summed E-state index contributed by atoms with van der Waals surface area (Å²) in [5, 5.41) is 4.73. The zero-order chi connectivity index (χ0) is 21.5. The maximum absolute atomic E-state index is 15.0. The van der Waals surface area contributed by atoms with Crippen LogP contribution in [0.3, 0.4) is 0 Å². The van der Waals surface area contributed by atoms with Crippen LogP contribution in [-0.2, 0) is 6.42 Å². The number of benzene rings is 1. The number of halogens is 1. The Kier molecular flexibility index (Phi) is 4.82. The van der Waals surface area contributed by atoms with E-state index in [-0.39, 0.29) is 11.6 Å². The monoisotopic (exact) mass is 437 g/mol. The molecule has 1 N–H and O–H groups in total. The number of aryl methyl sites for hydroxylation is 3. The second-order valence-corrected chi connectivity index (χ2v) is 8.27. The van der Waals surface area contributed by atoms with Crippen LogP contribution in [0.1, 0.15) is 21.8 Å². The van der Waals surface area contributed by atoms with Crippen LogP contribution in [0, 0.1) is 26.6 Å². The molecular formula is C22H20FN5O2S. The summed E-state index contributed by atoms with van der Waals surface area (Å²) in [6.45, 7) is 6.31. The van der Waals surface area contributed by atoms with Crippen LogP contribution in [0.4, 0.5) is 4.39 Å². The van der Waals surface area contributed by atoms with Crippen LogP contribution < -0.4 is 9.47 Å². The van der Waals surface area contributed by atoms with Crippen LogP contribution in [-0.4, -0.2) is 31.2 Å². The van der Waals surface area contributed by atoms with Gasteiger partial charge >= 0.3 is 0 Å². The van der Waals surface area contributed by atoms with Crippen molar-refractivity contribution in [1.29, 1.82) is 0 Å². The minimum absolute atomic E-state index is 0.107. The third-order valence-electron chi connectivity index (χ3n) is 5.22. The zero-order valence-corrected chi connectivity index (χ0v) is 18.1. The molecule has 0 atom stereocenters. The summed E-state index contributed by atoms with van der Waals surface area (Å²) in [6, 6.07) is 5.14. The smallest absolute Gasteiger partial charge is 0.247 e. The number of aromatic nitrogens is 5. The minimum atomic E-state index is -0.431. The molecule has 0 spiro atoms. The summed E-state index contributed by atoms with van der Waals surface area (Å²) in [6.07, 6.45) is 3.94. The molecule has 0 fully saturated rings. The Morgan fingerprint density at radius 3 is 2.84 bits per heavy atom. The topological polar surface area (TPSA) is 77.3 Å². The van der Waals surface area contributed by atoms with Crippen LogP contribution >= 0.6 is 11.3 Å². The Morgan fingerprint density at radius 1 is 1.16 bits per heavy atom. The predicted octanol–water partition coefficient (Wildman–Crippen LogP) is 5.15. The average molecular weight is 438 g/mol. The van der Waals surface area contributed by atoms with E-state index >= 15 is 0 Å². The van der Waals surface area contributed by atoms with Gasteiger partial charge < -0.3 is 14.5 Å². The number of hydrogen-bond donors (Lipinski definition) is 1. The summed E-state index contributed by atoms with van der Waals surface area (Å²) in [7, 11) is 0. The van der Waals surface area contributed by atoms with Gasteiger partial charge in [-0.1, -0.05) is 0 Å². The summed E-state index contributed by atoms with van der Waals surface area (Å²) >= 11 is 1.62. The Hall–Kier alpha value is -3.46. The molecule has 0 radical (unpaired) electrons. The number of hydrogen-bond acceptors (Lipinski definition) is 6. The van der Waals surface area contributed by atoms with Crippen molar-refractivity contribution in [2.45, 2.75) is 27.2 Å². The number of H-pyrrole nitrogens is 1. The second-order valence-electron chi connectivity index (χ2n) is 7.33. The standard InChI is InChI=1S/C22H20FN5O2S/c1-12-8-15-16(27-12)4-5-17(20(15)23)30-22-21-13(2)18(9-28(21)26-10-24-22)29-7-6-19-14(3)25-11-31-19/h4-5,8-11,27H,6-7H2,1-3H3. The SMILES string of the molecule is Cc1cc2c(F)c(Oc3ncnn4cc(OCCc5scnc5C)c(C)c34)ccc2[nH]1. The van der Waals surface area contributed by atoms with Crippen LogP contribution in [0.2, 0.25) is 0 Å². The molecule has 0 saturated heterocycles. The molecule has 0 aliphatic heterocycles. The van der Waals surface area contributed by atoms with Gasteiger partial charge in [0.05, 0.1) is 24.0 Å². The van der Waals surface area contributed by atoms with Gasteiger partial charge in [0.15, 0.2) is 11.6 Å². The maximum Gasteiger partial charge on any atom is 0.247 e. The largest absolute Gasteiger partial charge is 0.491 e. The normalized spacial score (nSPS) is 11.5. The first kappa shape index (κ1) is 19.5. The van der Waals surface area contributed by atoms with Gasteiger partial charge in [0, 0.05) is 33.5 Å². The van der Waals surface area contributed by atoms with Gasteiger partial charge in [-0.05, 0) is 39.0 Å². The van der Waals surface area contributed by atoms with Crippen molar-refractivity contribution >= 4 is 27.8 Å². The number of thiazole rings is 1. The Balaban J connectivity index is 1.43. The first-order valence-electron chi connectivity index (χ1n) is 9.81. The molecule has 4 heterocycles. The Morgan fingerprint density at radius 2 is 2.03 bits per heavy atom. The lowest BCUT2D eigenvalue weighted by Gasteiger charge is -2.08. The van der Waals surface area contributed by atoms with E-state index in [0.717, 1.165) is 28.9 Å². The average Bonchev–Trinajstić information content (AvgIpc) is 3.42. The van der Waals surface area contributed by atoms with Gasteiger partial charge in [-0.3, -0.25) is 0 Å². The molecule has 1 aromatic carbocycles. The van der Waals surface area contributed by atoms with E-state index in [4.69, 9.17) is 9.47 Å². The van der Waals surface area contributed by atoms with Crippen molar-refractivity contribution in [3.63, 3.8) is 0 Å². The second kappa shape index (κ2) is 7.66. The molecule has 5 rings (SSSR count). The molecule has 0 bridgehead atoms. The first-order chi connectivity index (χ1) is 15.0. The number of rotatable bonds is 6. The third kappa shape index (κ3) is 3.50. The highest BCUT2D eigenvalue weighted by Crippen LogP contribution is 2.34. The van der Waals surface area contributed by atoms with E-state index in [1.54, 1.807) is 40.2 Å². The maximum atomic E-state index is 15.0.